The molecule has 0 amide bonds. The van der Waals surface area contributed by atoms with Crippen molar-refractivity contribution in [2.45, 2.75) is 59.3 Å². The Balaban J connectivity index is 1.91. The highest BCUT2D eigenvalue weighted by Crippen LogP contribution is 2.62. The van der Waals surface area contributed by atoms with Gasteiger partial charge in [-0.15, -0.1) is 0 Å². The molecule has 0 aliphatic rings. The van der Waals surface area contributed by atoms with Gasteiger partial charge in [0.1, 0.15) is 11.4 Å². The minimum absolute atomic E-state index is 0.138. The molecule has 4 aromatic rings. The number of aromatic nitrogens is 2. The number of halogens is 3. The van der Waals surface area contributed by atoms with Gasteiger partial charge in [0.15, 0.2) is 10.9 Å². The summed E-state index contributed by atoms with van der Waals surface area (Å²) >= 11 is 19.6. The lowest BCUT2D eigenvalue weighted by atomic mass is 10.1. The molecule has 2 aromatic carbocycles. The van der Waals surface area contributed by atoms with E-state index in [1.807, 2.05) is 29.7 Å². The zero-order valence-electron chi connectivity index (χ0n) is 23.4. The van der Waals surface area contributed by atoms with Crippen LogP contribution in [0.5, 0.6) is 0 Å². The number of imidazole rings is 1. The van der Waals surface area contributed by atoms with Gasteiger partial charge in [0.05, 0.1) is 25.5 Å². The van der Waals surface area contributed by atoms with Gasteiger partial charge in [0, 0.05) is 39.7 Å². The van der Waals surface area contributed by atoms with Crippen molar-refractivity contribution < 1.29 is 18.0 Å². The van der Waals surface area contributed by atoms with Gasteiger partial charge < -0.3 is 23.3 Å². The zero-order chi connectivity index (χ0) is 29.7. The lowest BCUT2D eigenvalue weighted by Crippen LogP contribution is -2.20. The van der Waals surface area contributed by atoms with E-state index < -0.39 is 19.0 Å². The molecule has 220 valence electrons. The molecule has 0 spiro atoms. The molecular formula is C29H33Cl3N3O5P. The Bertz CT molecular complexity index is 1630. The van der Waals surface area contributed by atoms with E-state index >= 15 is 0 Å². The Kier molecular flexibility index (Phi) is 10.6. The predicted molar refractivity (Wildman–Crippen MR) is 166 cm³/mol. The number of unbranched alkanes of at least 4 members (excludes halogenated alkanes) is 1. The smallest absolute Gasteiger partial charge is 0.358 e. The average molecular weight is 641 g/mol. The minimum Gasteiger partial charge on any atom is -0.423 e. The van der Waals surface area contributed by atoms with Gasteiger partial charge in [0.25, 0.3) is 0 Å². The number of hydrogen-bond acceptors (Lipinski definition) is 7. The van der Waals surface area contributed by atoms with Crippen LogP contribution in [0.3, 0.4) is 0 Å². The van der Waals surface area contributed by atoms with Gasteiger partial charge >= 0.3 is 13.2 Å². The van der Waals surface area contributed by atoms with Crippen LogP contribution in [0.1, 0.15) is 62.0 Å². The largest absolute Gasteiger partial charge is 0.423 e. The van der Waals surface area contributed by atoms with Crippen molar-refractivity contribution in [3.8, 4) is 0 Å². The lowest BCUT2D eigenvalue weighted by molar-refractivity contribution is 0.213. The molecule has 0 saturated heterocycles. The summed E-state index contributed by atoms with van der Waals surface area (Å²) in [6.07, 6.45) is 2.46. The number of fused-ring (bicyclic) bond motifs is 1. The Hall–Kier alpha value is -2.32. The normalized spacial score (nSPS) is 12.7. The van der Waals surface area contributed by atoms with Crippen LogP contribution < -0.4 is 10.9 Å². The molecule has 0 bridgehead atoms. The molecular weight excluding hydrogens is 608 g/mol. The molecule has 1 unspecified atom stereocenters. The quantitative estimate of drug-likeness (QED) is 0.115. The molecule has 2 aromatic heterocycles. The van der Waals surface area contributed by atoms with Crippen LogP contribution >= 0.6 is 42.4 Å². The number of hydrogen-bond donors (Lipinski definition) is 1. The summed E-state index contributed by atoms with van der Waals surface area (Å²) in [7, 11) is -3.89. The Morgan fingerprint density at radius 2 is 1.78 bits per heavy atom. The van der Waals surface area contributed by atoms with Crippen LogP contribution in [-0.4, -0.2) is 22.8 Å². The number of nitrogens with zero attached hydrogens (tertiary/aromatic N) is 2. The molecule has 4 rings (SSSR count). The Morgan fingerprint density at radius 1 is 1.05 bits per heavy atom. The zero-order valence-corrected chi connectivity index (χ0v) is 26.5. The van der Waals surface area contributed by atoms with Crippen LogP contribution in [0.25, 0.3) is 11.0 Å². The van der Waals surface area contributed by atoms with Crippen LogP contribution in [-0.2, 0) is 26.6 Å². The molecule has 0 fully saturated rings. The van der Waals surface area contributed by atoms with E-state index in [2.05, 4.69) is 17.2 Å². The van der Waals surface area contributed by atoms with Gasteiger partial charge in [0.2, 0.25) is 0 Å². The van der Waals surface area contributed by atoms with Crippen molar-refractivity contribution in [2.75, 3.05) is 18.5 Å². The first-order valence-electron chi connectivity index (χ1n) is 13.5. The molecule has 1 atom stereocenters. The number of nitrogens with one attached hydrogen (secondary N) is 1. The maximum atomic E-state index is 14.5. The first-order valence-corrected chi connectivity index (χ1v) is 16.2. The van der Waals surface area contributed by atoms with Crippen LogP contribution in [0.2, 0.25) is 15.2 Å². The second-order valence-electron chi connectivity index (χ2n) is 9.51. The summed E-state index contributed by atoms with van der Waals surface area (Å²) in [5, 5.41) is 5.28. The van der Waals surface area contributed by atoms with Crippen LogP contribution in [0, 0.1) is 6.92 Å². The Morgan fingerprint density at radius 3 is 2.44 bits per heavy atom. The highest BCUT2D eigenvalue weighted by atomic mass is 35.5. The van der Waals surface area contributed by atoms with Gasteiger partial charge in [-0.05, 0) is 62.6 Å². The van der Waals surface area contributed by atoms with E-state index in [9.17, 15) is 9.36 Å². The van der Waals surface area contributed by atoms with Crippen molar-refractivity contribution in [1.29, 1.82) is 0 Å². The Labute approximate surface area is 254 Å². The van der Waals surface area contributed by atoms with Crippen molar-refractivity contribution in [3.63, 3.8) is 0 Å². The van der Waals surface area contributed by atoms with Gasteiger partial charge in [-0.2, -0.15) is 0 Å². The molecule has 12 heteroatoms. The summed E-state index contributed by atoms with van der Waals surface area (Å²) in [5.41, 5.74) is 2.46. The first kappa shape index (κ1) is 31.6. The maximum absolute atomic E-state index is 14.5. The summed E-state index contributed by atoms with van der Waals surface area (Å²) in [5.74, 6) is -0.345. The third-order valence-corrected chi connectivity index (χ3v) is 9.69. The molecule has 0 aliphatic carbocycles. The third-order valence-electron chi connectivity index (χ3n) is 6.59. The fraction of sp³-hybridized carbons (Fsp3) is 0.379. The number of aryl methyl sites for hydroxylation is 2. The van der Waals surface area contributed by atoms with E-state index in [1.54, 1.807) is 32.0 Å². The molecule has 2 heterocycles. The first-order chi connectivity index (χ1) is 19.6. The van der Waals surface area contributed by atoms with Crippen LogP contribution in [0.4, 0.5) is 5.69 Å². The van der Waals surface area contributed by atoms with Crippen molar-refractivity contribution in [2.24, 2.45) is 0 Å². The molecule has 0 saturated carbocycles. The SMILES string of the molecule is CCCCc1nc(Cl)c(C(Nc2ccc3c(C)cc(=O)oc3c2)P(=O)(OCC)OCC)n1Cc1ccc(Cl)cc1Cl. The average Bonchev–Trinajstić information content (AvgIpc) is 3.21. The van der Waals surface area contributed by atoms with Gasteiger partial charge in [-0.3, -0.25) is 4.57 Å². The second-order valence-corrected chi connectivity index (χ2v) is 12.8. The molecule has 41 heavy (non-hydrogen) atoms. The highest BCUT2D eigenvalue weighted by Gasteiger charge is 2.41. The van der Waals surface area contributed by atoms with Gasteiger partial charge in [-0.1, -0.05) is 54.2 Å². The summed E-state index contributed by atoms with van der Waals surface area (Å²) in [6, 6.07) is 12.0. The van der Waals surface area contributed by atoms with Crippen LogP contribution in [0.15, 0.2) is 51.7 Å². The summed E-state index contributed by atoms with van der Waals surface area (Å²) in [6.45, 7) is 7.99. The number of anilines is 1. The molecule has 0 radical (unpaired) electrons. The highest BCUT2D eigenvalue weighted by molar-refractivity contribution is 7.54. The maximum Gasteiger partial charge on any atom is 0.358 e. The lowest BCUT2D eigenvalue weighted by Gasteiger charge is -2.29. The standard InChI is InChI=1S/C29H33Cl3N3O5P/c1-5-8-9-25-34-28(32)27(35(25)17-19-10-11-20(30)15-23(19)31)29(41(37,38-6-2)39-7-3)33-21-12-13-22-18(4)14-26(36)40-24(22)16-21/h10-16,29,33H,5-9,17H2,1-4H3. The van der Waals surface area contributed by atoms with Crippen molar-refractivity contribution >= 4 is 59.1 Å². The predicted octanol–water partition coefficient (Wildman–Crippen LogP) is 9.03. The van der Waals surface area contributed by atoms with E-state index in [-0.39, 0.29) is 18.4 Å². The topological polar surface area (TPSA) is 95.6 Å². The second kappa shape index (κ2) is 13.8. The van der Waals surface area contributed by atoms with Gasteiger partial charge in [-0.25, -0.2) is 9.78 Å². The van der Waals surface area contributed by atoms with E-state index in [4.69, 9.17) is 48.3 Å². The monoisotopic (exact) mass is 639 g/mol. The minimum atomic E-state index is -3.89. The van der Waals surface area contributed by atoms with E-state index in [0.717, 1.165) is 29.4 Å². The fourth-order valence-corrected chi connectivity index (χ4v) is 7.49. The summed E-state index contributed by atoms with van der Waals surface area (Å²) < 4.78 is 33.5. The van der Waals surface area contributed by atoms with Crippen molar-refractivity contribution in [3.05, 3.63) is 90.7 Å². The van der Waals surface area contributed by atoms with Crippen molar-refractivity contribution in [1.82, 2.24) is 9.55 Å². The third kappa shape index (κ3) is 7.19. The number of benzene rings is 2. The fourth-order valence-electron chi connectivity index (χ4n) is 4.68. The molecule has 8 nitrogen and oxygen atoms in total. The molecule has 0 aliphatic heterocycles. The van der Waals surface area contributed by atoms with E-state index in [1.165, 1.54) is 6.07 Å². The summed E-state index contributed by atoms with van der Waals surface area (Å²) in [4.78, 5) is 16.8. The molecule has 1 N–H and O–H groups in total. The number of rotatable bonds is 13. The van der Waals surface area contributed by atoms with E-state index in [0.29, 0.717) is 45.8 Å².